The number of nitrogens with zero attached hydrogens (tertiary/aromatic N) is 1. The van der Waals surface area contributed by atoms with Crippen molar-refractivity contribution in [3.8, 4) is 5.75 Å². The van der Waals surface area contributed by atoms with Gasteiger partial charge in [0, 0.05) is 34.6 Å². The van der Waals surface area contributed by atoms with Crippen LogP contribution in [0.4, 0.5) is 5.69 Å². The topological polar surface area (TPSA) is 75.7 Å². The summed E-state index contributed by atoms with van der Waals surface area (Å²) >= 11 is 0. The smallest absolute Gasteiger partial charge is 0.255 e. The van der Waals surface area contributed by atoms with E-state index in [1.807, 2.05) is 37.3 Å². The first-order valence-electron chi connectivity index (χ1n) is 11.4. The largest absolute Gasteiger partial charge is 0.496 e. The third-order valence-electron chi connectivity index (χ3n) is 6.37. The Bertz CT molecular complexity index is 1230. The summed E-state index contributed by atoms with van der Waals surface area (Å²) in [5.74, 6) is 0.436. The summed E-state index contributed by atoms with van der Waals surface area (Å²) in [6.45, 7) is 2.33. The molecule has 0 bridgehead atoms. The predicted octanol–water partition coefficient (Wildman–Crippen LogP) is 5.44. The van der Waals surface area contributed by atoms with E-state index in [0.29, 0.717) is 17.8 Å². The summed E-state index contributed by atoms with van der Waals surface area (Å²) in [7, 11) is -1.99. The Morgan fingerprint density at radius 3 is 2.27 bits per heavy atom. The summed E-state index contributed by atoms with van der Waals surface area (Å²) in [5.41, 5.74) is 1.07. The lowest BCUT2D eigenvalue weighted by molar-refractivity contribution is 0.102. The van der Waals surface area contributed by atoms with Crippen molar-refractivity contribution in [2.24, 2.45) is 0 Å². The number of carbonyl (C=O) groups is 1. The second-order valence-electron chi connectivity index (χ2n) is 8.34. The van der Waals surface area contributed by atoms with Gasteiger partial charge in [-0.2, -0.15) is 4.31 Å². The third-order valence-corrected chi connectivity index (χ3v) is 8.41. The second-order valence-corrected chi connectivity index (χ2v) is 10.2. The van der Waals surface area contributed by atoms with Crippen LogP contribution in [-0.2, 0) is 10.0 Å². The molecule has 0 radical (unpaired) electrons. The zero-order valence-corrected chi connectivity index (χ0v) is 19.9. The van der Waals surface area contributed by atoms with Gasteiger partial charge in [0.1, 0.15) is 5.75 Å². The zero-order valence-electron chi connectivity index (χ0n) is 19.1. The van der Waals surface area contributed by atoms with Crippen LogP contribution >= 0.6 is 0 Å². The molecule has 1 amide bonds. The highest BCUT2D eigenvalue weighted by molar-refractivity contribution is 7.89. The van der Waals surface area contributed by atoms with Crippen LogP contribution in [0.25, 0.3) is 10.8 Å². The van der Waals surface area contributed by atoms with E-state index < -0.39 is 10.0 Å². The molecule has 0 aromatic heterocycles. The lowest BCUT2D eigenvalue weighted by Crippen LogP contribution is -2.41. The van der Waals surface area contributed by atoms with E-state index in [1.54, 1.807) is 29.6 Å². The fourth-order valence-corrected chi connectivity index (χ4v) is 6.35. The first-order valence-corrected chi connectivity index (χ1v) is 12.9. The first-order chi connectivity index (χ1) is 16.0. The average molecular weight is 467 g/mol. The predicted molar refractivity (Wildman–Crippen MR) is 131 cm³/mol. The lowest BCUT2D eigenvalue weighted by Gasteiger charge is -2.32. The average Bonchev–Trinajstić information content (AvgIpc) is 2.85. The van der Waals surface area contributed by atoms with E-state index in [0.717, 1.165) is 42.2 Å². The van der Waals surface area contributed by atoms with Crippen LogP contribution in [0.1, 0.15) is 49.4 Å². The van der Waals surface area contributed by atoms with Crippen molar-refractivity contribution in [1.82, 2.24) is 4.31 Å². The number of methoxy groups -OCH3 is 1. The Hall–Kier alpha value is -2.90. The Morgan fingerprint density at radius 1 is 0.970 bits per heavy atom. The lowest BCUT2D eigenvalue weighted by atomic mass is 9.95. The van der Waals surface area contributed by atoms with E-state index in [2.05, 4.69) is 5.32 Å². The van der Waals surface area contributed by atoms with Gasteiger partial charge in [0.05, 0.1) is 12.0 Å². The fourth-order valence-electron chi connectivity index (χ4n) is 4.66. The minimum Gasteiger partial charge on any atom is -0.496 e. The minimum absolute atomic E-state index is 0.0556. The maximum Gasteiger partial charge on any atom is 0.255 e. The van der Waals surface area contributed by atoms with Gasteiger partial charge in [0.25, 0.3) is 5.91 Å². The molecule has 1 aliphatic rings. The van der Waals surface area contributed by atoms with Crippen LogP contribution in [-0.4, -0.2) is 38.3 Å². The quantitative estimate of drug-likeness (QED) is 0.503. The van der Waals surface area contributed by atoms with Gasteiger partial charge < -0.3 is 10.1 Å². The standard InChI is InChI=1S/C26H30N2O4S/c1-3-28(20-9-5-4-6-10-20)33(30,31)21-15-13-19(14-16-21)26(29)27-24-17-18-25(32-2)23-12-8-7-11-22(23)24/h7-8,11-18,20H,3-6,9-10H2,1-2H3,(H,27,29). The van der Waals surface area contributed by atoms with Crippen LogP contribution < -0.4 is 10.1 Å². The Kier molecular flexibility index (Phi) is 7.00. The monoisotopic (exact) mass is 466 g/mol. The van der Waals surface area contributed by atoms with Crippen molar-refractivity contribution in [2.45, 2.75) is 50.0 Å². The summed E-state index contributed by atoms with van der Waals surface area (Å²) in [6.07, 6.45) is 5.11. The molecule has 4 rings (SSSR count). The van der Waals surface area contributed by atoms with E-state index in [-0.39, 0.29) is 16.8 Å². The van der Waals surface area contributed by atoms with Crippen molar-refractivity contribution >= 4 is 32.4 Å². The number of hydrogen-bond donors (Lipinski definition) is 1. The molecule has 3 aromatic rings. The molecule has 0 atom stereocenters. The van der Waals surface area contributed by atoms with Crippen LogP contribution in [0.5, 0.6) is 5.75 Å². The maximum absolute atomic E-state index is 13.3. The SMILES string of the molecule is CCN(C1CCCCC1)S(=O)(=O)c1ccc(C(=O)Nc2ccc(OC)c3ccccc23)cc1. The number of benzene rings is 3. The van der Waals surface area contributed by atoms with Gasteiger partial charge in [0.15, 0.2) is 0 Å². The molecule has 33 heavy (non-hydrogen) atoms. The number of nitrogens with one attached hydrogen (secondary N) is 1. The molecule has 3 aromatic carbocycles. The summed E-state index contributed by atoms with van der Waals surface area (Å²) in [5, 5.41) is 4.72. The Labute approximate surface area is 195 Å². The van der Waals surface area contributed by atoms with E-state index in [1.165, 1.54) is 18.6 Å². The molecule has 1 saturated carbocycles. The molecule has 0 saturated heterocycles. The molecular formula is C26H30N2O4S. The molecule has 1 fully saturated rings. The molecule has 0 aliphatic heterocycles. The molecule has 174 valence electrons. The minimum atomic E-state index is -3.60. The third kappa shape index (κ3) is 4.75. The van der Waals surface area contributed by atoms with Crippen LogP contribution in [0, 0.1) is 0 Å². The number of carbonyl (C=O) groups excluding carboxylic acids is 1. The second kappa shape index (κ2) is 9.93. The summed E-state index contributed by atoms with van der Waals surface area (Å²) < 4.78 is 33.5. The molecule has 1 N–H and O–H groups in total. The van der Waals surface area contributed by atoms with Crippen LogP contribution in [0.3, 0.4) is 0 Å². The van der Waals surface area contributed by atoms with Crippen molar-refractivity contribution < 1.29 is 17.9 Å². The van der Waals surface area contributed by atoms with Gasteiger partial charge in [-0.05, 0) is 49.2 Å². The Balaban J connectivity index is 1.55. The van der Waals surface area contributed by atoms with E-state index in [9.17, 15) is 13.2 Å². The van der Waals surface area contributed by atoms with Crippen molar-refractivity contribution in [1.29, 1.82) is 0 Å². The Morgan fingerprint density at radius 2 is 1.64 bits per heavy atom. The number of amides is 1. The first kappa shape index (κ1) is 23.3. The van der Waals surface area contributed by atoms with Crippen molar-refractivity contribution in [3.63, 3.8) is 0 Å². The highest BCUT2D eigenvalue weighted by Gasteiger charge is 2.31. The molecule has 6 nitrogen and oxygen atoms in total. The normalized spacial score (nSPS) is 15.0. The summed E-state index contributed by atoms with van der Waals surface area (Å²) in [4.78, 5) is 13.1. The fraction of sp³-hybridized carbons (Fsp3) is 0.346. The number of hydrogen-bond acceptors (Lipinski definition) is 4. The molecule has 0 unspecified atom stereocenters. The number of sulfonamides is 1. The van der Waals surface area contributed by atoms with Gasteiger partial charge in [-0.3, -0.25) is 4.79 Å². The number of rotatable bonds is 7. The van der Waals surface area contributed by atoms with Gasteiger partial charge in [0.2, 0.25) is 10.0 Å². The van der Waals surface area contributed by atoms with Crippen molar-refractivity contribution in [2.75, 3.05) is 19.0 Å². The molecule has 0 spiro atoms. The van der Waals surface area contributed by atoms with Gasteiger partial charge in [-0.15, -0.1) is 0 Å². The van der Waals surface area contributed by atoms with E-state index in [4.69, 9.17) is 4.74 Å². The summed E-state index contributed by atoms with van der Waals surface area (Å²) in [6, 6.07) is 17.6. The number of fused-ring (bicyclic) bond motifs is 1. The van der Waals surface area contributed by atoms with Crippen LogP contribution in [0.2, 0.25) is 0 Å². The molecule has 0 heterocycles. The zero-order chi connectivity index (χ0) is 23.4. The van der Waals surface area contributed by atoms with Gasteiger partial charge >= 0.3 is 0 Å². The van der Waals surface area contributed by atoms with Gasteiger partial charge in [-0.1, -0.05) is 50.5 Å². The number of ether oxygens (including phenoxy) is 1. The highest BCUT2D eigenvalue weighted by atomic mass is 32.2. The molecule has 1 aliphatic carbocycles. The van der Waals surface area contributed by atoms with Crippen LogP contribution in [0.15, 0.2) is 65.6 Å². The maximum atomic E-state index is 13.3. The van der Waals surface area contributed by atoms with E-state index >= 15 is 0 Å². The van der Waals surface area contributed by atoms with Crippen molar-refractivity contribution in [3.05, 3.63) is 66.2 Å². The molecule has 7 heteroatoms. The highest BCUT2D eigenvalue weighted by Crippen LogP contribution is 2.32. The number of anilines is 1. The van der Waals surface area contributed by atoms with Gasteiger partial charge in [-0.25, -0.2) is 8.42 Å². The molecular weight excluding hydrogens is 436 g/mol.